The van der Waals surface area contributed by atoms with Crippen molar-refractivity contribution in [3.8, 4) is 31.7 Å². The van der Waals surface area contributed by atoms with Crippen LogP contribution in [0.3, 0.4) is 0 Å². The van der Waals surface area contributed by atoms with Crippen LogP contribution in [0.5, 0.6) is 0 Å². The Bertz CT molecular complexity index is 1920. The van der Waals surface area contributed by atoms with Gasteiger partial charge in [0.05, 0.1) is 10.6 Å². The second-order valence-corrected chi connectivity index (χ2v) is 13.1. The Labute approximate surface area is 301 Å². The average Bonchev–Trinajstić information content (AvgIpc) is 3.87. The maximum atomic E-state index is 4.35. The molecular weight excluding hydrogens is 814 g/mol. The van der Waals surface area contributed by atoms with Crippen molar-refractivity contribution in [2.75, 3.05) is 0 Å². The standard InChI is InChI=1S/C13H9NS.2C13H8NS.CH4.Pt/c3*1-2-7-12-10(5-1)9-13(15-12)11-6-3-4-8-14-11;;/h1-9H;2*1-8H;1H4;/q;2*-1;;+2. The van der Waals surface area contributed by atoms with Gasteiger partial charge in [-0.3, -0.25) is 4.98 Å². The van der Waals surface area contributed by atoms with E-state index in [2.05, 4.69) is 93.8 Å². The summed E-state index contributed by atoms with van der Waals surface area (Å²) in [4.78, 5) is 16.5. The van der Waals surface area contributed by atoms with Crippen LogP contribution in [0.2, 0.25) is 0 Å². The second kappa shape index (κ2) is 16.5. The Morgan fingerprint density at radius 1 is 0.426 bits per heavy atom. The third-order valence-electron chi connectivity index (χ3n) is 6.83. The van der Waals surface area contributed by atoms with Gasteiger partial charge in [0, 0.05) is 34.7 Å². The molecule has 0 saturated heterocycles. The zero-order valence-electron chi connectivity index (χ0n) is 24.3. The summed E-state index contributed by atoms with van der Waals surface area (Å²) < 4.78 is 3.84. The largest absolute Gasteiger partial charge is 2.00 e. The number of hydrogen-bond acceptors (Lipinski definition) is 6. The van der Waals surface area contributed by atoms with Crippen molar-refractivity contribution >= 4 is 64.3 Å². The van der Waals surface area contributed by atoms with E-state index >= 15 is 0 Å². The molecule has 6 aromatic heterocycles. The predicted octanol–water partition coefficient (Wildman–Crippen LogP) is 12.1. The fourth-order valence-electron chi connectivity index (χ4n) is 4.68. The molecule has 0 spiro atoms. The SMILES string of the molecule is C.[Pt+2].[c-]1c(-c2ccccn2)sc2ccccc12.[c-]1c(-c2ccccn2)sc2ccccc12.c1ccc(-c2cc3ccccc3s2)nc1. The Hall–Kier alpha value is -4.32. The van der Waals surface area contributed by atoms with Crippen LogP contribution in [0, 0.1) is 12.1 Å². The van der Waals surface area contributed by atoms with E-state index in [1.54, 1.807) is 34.0 Å². The first-order valence-electron chi connectivity index (χ1n) is 14.3. The van der Waals surface area contributed by atoms with Crippen LogP contribution in [-0.2, 0) is 21.1 Å². The molecule has 3 aromatic carbocycles. The van der Waals surface area contributed by atoms with E-state index in [0.29, 0.717) is 0 Å². The summed E-state index contributed by atoms with van der Waals surface area (Å²) in [7, 11) is 0. The van der Waals surface area contributed by atoms with Crippen LogP contribution in [0.1, 0.15) is 7.43 Å². The molecule has 0 unspecified atom stereocenters. The van der Waals surface area contributed by atoms with E-state index < -0.39 is 0 Å². The van der Waals surface area contributed by atoms with Crippen molar-refractivity contribution < 1.29 is 21.1 Å². The number of fused-ring (bicyclic) bond motifs is 3. The number of aromatic nitrogens is 3. The molecule has 9 rings (SSSR count). The number of hydrogen-bond donors (Lipinski definition) is 0. The van der Waals surface area contributed by atoms with E-state index in [1.807, 2.05) is 85.3 Å². The van der Waals surface area contributed by atoms with Gasteiger partial charge < -0.3 is 9.97 Å². The van der Waals surface area contributed by atoms with Gasteiger partial charge in [-0.2, -0.15) is 0 Å². The monoisotopic (exact) mass is 842 g/mol. The summed E-state index contributed by atoms with van der Waals surface area (Å²) in [5, 5.41) is 3.63. The van der Waals surface area contributed by atoms with Crippen LogP contribution in [0.25, 0.3) is 62.0 Å². The average molecular weight is 843 g/mol. The van der Waals surface area contributed by atoms with Crippen LogP contribution >= 0.6 is 34.0 Å². The normalized spacial score (nSPS) is 10.2. The van der Waals surface area contributed by atoms with E-state index in [1.165, 1.54) is 35.1 Å². The van der Waals surface area contributed by atoms with Crippen LogP contribution in [0.4, 0.5) is 0 Å². The first kappa shape index (κ1) is 34.0. The molecule has 0 fully saturated rings. The van der Waals surface area contributed by atoms with Gasteiger partial charge >= 0.3 is 21.1 Å². The summed E-state index contributed by atoms with van der Waals surface area (Å²) in [6.45, 7) is 0. The topological polar surface area (TPSA) is 38.7 Å². The smallest absolute Gasteiger partial charge is 0.303 e. The van der Waals surface area contributed by atoms with Crippen molar-refractivity contribution in [1.29, 1.82) is 0 Å². The molecule has 3 nitrogen and oxygen atoms in total. The molecule has 0 bridgehead atoms. The van der Waals surface area contributed by atoms with Gasteiger partial charge in [-0.25, -0.2) is 22.7 Å². The number of nitrogens with zero attached hydrogens (tertiary/aromatic N) is 3. The van der Waals surface area contributed by atoms with Crippen molar-refractivity contribution in [1.82, 2.24) is 15.0 Å². The fourth-order valence-corrected chi connectivity index (χ4v) is 7.68. The van der Waals surface area contributed by atoms with Gasteiger partial charge in [-0.15, -0.1) is 58.5 Å². The Balaban J connectivity index is 0.000000135. The molecule has 47 heavy (non-hydrogen) atoms. The molecule has 7 heteroatoms. The molecule has 0 radical (unpaired) electrons. The summed E-state index contributed by atoms with van der Waals surface area (Å²) in [5.74, 6) is 0. The number of pyridine rings is 3. The molecule has 0 aliphatic heterocycles. The number of thiophene rings is 3. The van der Waals surface area contributed by atoms with Gasteiger partial charge in [0.1, 0.15) is 0 Å². The molecule has 0 atom stereocenters. The minimum atomic E-state index is 0. The molecular formula is C40H29N3PtS3. The van der Waals surface area contributed by atoms with E-state index in [9.17, 15) is 0 Å². The summed E-state index contributed by atoms with van der Waals surface area (Å²) in [6.07, 6.45) is 5.46. The minimum Gasteiger partial charge on any atom is -0.303 e. The number of benzene rings is 3. The van der Waals surface area contributed by atoms with Gasteiger partial charge in [0.25, 0.3) is 0 Å². The van der Waals surface area contributed by atoms with Gasteiger partial charge in [0.15, 0.2) is 0 Å². The van der Waals surface area contributed by atoms with Crippen molar-refractivity contribution in [3.63, 3.8) is 0 Å². The first-order chi connectivity index (χ1) is 22.3. The number of rotatable bonds is 3. The summed E-state index contributed by atoms with van der Waals surface area (Å²) in [6, 6.07) is 51.8. The van der Waals surface area contributed by atoms with Crippen LogP contribution in [0.15, 0.2) is 152 Å². The quantitative estimate of drug-likeness (QED) is 0.166. The predicted molar refractivity (Wildman–Crippen MR) is 200 cm³/mol. The van der Waals surface area contributed by atoms with E-state index in [0.717, 1.165) is 26.8 Å². The third-order valence-corrected chi connectivity index (χ3v) is 10.2. The van der Waals surface area contributed by atoms with E-state index in [4.69, 9.17) is 0 Å². The zero-order valence-corrected chi connectivity index (χ0v) is 29.0. The Morgan fingerprint density at radius 2 is 0.851 bits per heavy atom. The molecule has 0 aliphatic carbocycles. The minimum absolute atomic E-state index is 0. The molecule has 0 N–H and O–H groups in total. The molecule has 0 aliphatic rings. The van der Waals surface area contributed by atoms with Gasteiger partial charge in [0.2, 0.25) is 0 Å². The summed E-state index contributed by atoms with van der Waals surface area (Å²) in [5.41, 5.74) is 3.05. The summed E-state index contributed by atoms with van der Waals surface area (Å²) >= 11 is 5.25. The zero-order chi connectivity index (χ0) is 30.3. The maximum absolute atomic E-state index is 4.35. The molecule has 6 heterocycles. The van der Waals surface area contributed by atoms with Crippen molar-refractivity contribution in [2.45, 2.75) is 7.43 Å². The maximum Gasteiger partial charge on any atom is 2.00 e. The van der Waals surface area contributed by atoms with Crippen molar-refractivity contribution in [3.05, 3.63) is 164 Å². The van der Waals surface area contributed by atoms with Crippen LogP contribution < -0.4 is 0 Å². The first-order valence-corrected chi connectivity index (χ1v) is 16.8. The fraction of sp³-hybridized carbons (Fsp3) is 0.0250. The van der Waals surface area contributed by atoms with Crippen molar-refractivity contribution in [2.24, 2.45) is 0 Å². The van der Waals surface area contributed by atoms with E-state index in [-0.39, 0.29) is 28.5 Å². The molecule has 0 amide bonds. The molecule has 9 aromatic rings. The van der Waals surface area contributed by atoms with Crippen LogP contribution in [-0.4, -0.2) is 15.0 Å². The Kier molecular flexibility index (Phi) is 11.9. The van der Waals surface area contributed by atoms with Gasteiger partial charge in [-0.1, -0.05) is 80.2 Å². The molecule has 232 valence electrons. The second-order valence-electron chi connectivity index (χ2n) is 9.90. The molecule has 0 saturated carbocycles. The Morgan fingerprint density at radius 3 is 1.30 bits per heavy atom. The van der Waals surface area contributed by atoms with Gasteiger partial charge in [-0.05, 0) is 60.9 Å². The third kappa shape index (κ3) is 8.34.